The summed E-state index contributed by atoms with van der Waals surface area (Å²) in [5.41, 5.74) is 1.74. The summed E-state index contributed by atoms with van der Waals surface area (Å²) in [7, 11) is 3.75. The van der Waals surface area contributed by atoms with E-state index in [0.717, 1.165) is 0 Å². The summed E-state index contributed by atoms with van der Waals surface area (Å²) in [5.74, 6) is -0.0541. The largest absolute Gasteiger partial charge is 0.334 e. The fourth-order valence-corrected chi connectivity index (χ4v) is 2.68. The maximum atomic E-state index is 14.1. The van der Waals surface area contributed by atoms with Crippen molar-refractivity contribution in [2.24, 2.45) is 0 Å². The second kappa shape index (κ2) is 7.67. The summed E-state index contributed by atoms with van der Waals surface area (Å²) < 4.78 is 15.7. The summed E-state index contributed by atoms with van der Waals surface area (Å²) in [6.07, 6.45) is 4.86. The van der Waals surface area contributed by atoms with Crippen LogP contribution < -0.4 is 10.6 Å². The fourth-order valence-electron chi connectivity index (χ4n) is 2.49. The summed E-state index contributed by atoms with van der Waals surface area (Å²) in [6.45, 7) is 0.692. The third kappa shape index (κ3) is 4.27. The molecule has 3 aromatic rings. The van der Waals surface area contributed by atoms with E-state index in [2.05, 4.69) is 20.6 Å². The van der Waals surface area contributed by atoms with Gasteiger partial charge in [0.1, 0.15) is 11.0 Å². The van der Waals surface area contributed by atoms with E-state index in [4.69, 9.17) is 11.6 Å². The summed E-state index contributed by atoms with van der Waals surface area (Å²) in [4.78, 5) is 22.2. The quantitative estimate of drug-likeness (QED) is 0.718. The maximum Gasteiger partial charge on any atom is 0.320 e. The highest BCUT2D eigenvalue weighted by Gasteiger charge is 2.11. The van der Waals surface area contributed by atoms with Crippen LogP contribution in [-0.4, -0.2) is 39.4 Å². The number of benzene rings is 1. The zero-order valence-electron chi connectivity index (χ0n) is 14.3. The second-order valence-corrected chi connectivity index (χ2v) is 6.43. The van der Waals surface area contributed by atoms with Crippen LogP contribution in [-0.2, 0) is 13.1 Å². The first-order valence-corrected chi connectivity index (χ1v) is 8.26. The Kier molecular flexibility index (Phi) is 5.34. The topological polar surface area (TPSA) is 74.6 Å². The van der Waals surface area contributed by atoms with Crippen molar-refractivity contribution in [3.8, 4) is 0 Å². The van der Waals surface area contributed by atoms with Crippen LogP contribution in [0.3, 0.4) is 0 Å². The van der Waals surface area contributed by atoms with Crippen LogP contribution in [0.5, 0.6) is 0 Å². The molecule has 2 heterocycles. The SMILES string of the molecule is CN(C)Cc1ccc(CNC(=O)Nc2nc(Cl)cn3ccnc23)cc1F. The number of imidazole rings is 1. The minimum atomic E-state index is -0.484. The minimum Gasteiger partial charge on any atom is -0.334 e. The monoisotopic (exact) mass is 376 g/mol. The summed E-state index contributed by atoms with van der Waals surface area (Å²) in [6, 6.07) is 4.44. The number of amides is 2. The standard InChI is InChI=1S/C17H18ClFN6O/c1-24(2)9-12-4-3-11(7-13(12)19)8-21-17(26)23-15-16-20-5-6-25(16)10-14(18)22-15/h3-7,10H,8-9H2,1-2H3,(H2,21,22,23,26). The van der Waals surface area contributed by atoms with E-state index in [1.54, 1.807) is 35.1 Å². The van der Waals surface area contributed by atoms with Crippen LogP contribution in [0, 0.1) is 5.82 Å². The Hall–Kier alpha value is -2.71. The first kappa shape index (κ1) is 18.1. The molecule has 0 atom stereocenters. The maximum absolute atomic E-state index is 14.1. The lowest BCUT2D eigenvalue weighted by molar-refractivity contribution is 0.251. The zero-order valence-corrected chi connectivity index (χ0v) is 15.1. The molecule has 0 saturated heterocycles. The smallest absolute Gasteiger partial charge is 0.320 e. The number of halogens is 2. The van der Waals surface area contributed by atoms with Crippen LogP contribution in [0.25, 0.3) is 5.65 Å². The van der Waals surface area contributed by atoms with Gasteiger partial charge < -0.3 is 14.6 Å². The highest BCUT2D eigenvalue weighted by Crippen LogP contribution is 2.16. The number of rotatable bonds is 5. The molecule has 136 valence electrons. The number of hydrogen-bond donors (Lipinski definition) is 2. The molecule has 1 aromatic carbocycles. The number of carbonyl (C=O) groups is 1. The first-order valence-electron chi connectivity index (χ1n) is 7.88. The van der Waals surface area contributed by atoms with Crippen molar-refractivity contribution in [3.05, 3.63) is 58.9 Å². The molecule has 2 N–H and O–H groups in total. The molecular formula is C17H18ClFN6O. The number of fused-ring (bicyclic) bond motifs is 1. The van der Waals surface area contributed by atoms with Crippen molar-refractivity contribution >= 4 is 29.1 Å². The molecular weight excluding hydrogens is 359 g/mol. The Morgan fingerprint density at radius 3 is 2.92 bits per heavy atom. The predicted molar refractivity (Wildman–Crippen MR) is 97.6 cm³/mol. The predicted octanol–water partition coefficient (Wildman–Crippen LogP) is 2.91. The van der Waals surface area contributed by atoms with Crippen LogP contribution in [0.2, 0.25) is 5.15 Å². The highest BCUT2D eigenvalue weighted by molar-refractivity contribution is 6.29. The van der Waals surface area contributed by atoms with Gasteiger partial charge in [-0.3, -0.25) is 5.32 Å². The van der Waals surface area contributed by atoms with Gasteiger partial charge in [-0.15, -0.1) is 0 Å². The lowest BCUT2D eigenvalue weighted by Crippen LogP contribution is -2.29. The molecule has 0 radical (unpaired) electrons. The van der Waals surface area contributed by atoms with Gasteiger partial charge >= 0.3 is 6.03 Å². The van der Waals surface area contributed by atoms with Gasteiger partial charge in [-0.1, -0.05) is 23.7 Å². The Morgan fingerprint density at radius 2 is 2.19 bits per heavy atom. The van der Waals surface area contributed by atoms with Crippen LogP contribution in [0.4, 0.5) is 15.0 Å². The van der Waals surface area contributed by atoms with Crippen LogP contribution in [0.1, 0.15) is 11.1 Å². The van der Waals surface area contributed by atoms with E-state index in [1.165, 1.54) is 6.07 Å². The van der Waals surface area contributed by atoms with Crippen molar-refractivity contribution < 1.29 is 9.18 Å². The normalized spacial score (nSPS) is 11.1. The average molecular weight is 377 g/mol. The van der Waals surface area contributed by atoms with Gasteiger partial charge in [-0.25, -0.2) is 19.2 Å². The van der Waals surface area contributed by atoms with Crippen LogP contribution >= 0.6 is 11.6 Å². The molecule has 0 bridgehead atoms. The number of aromatic nitrogens is 3. The van der Waals surface area contributed by atoms with Crippen molar-refractivity contribution in [1.29, 1.82) is 0 Å². The molecule has 0 saturated carbocycles. The fraction of sp³-hybridized carbons (Fsp3) is 0.235. The number of carbonyl (C=O) groups excluding carboxylic acids is 1. The van der Waals surface area contributed by atoms with Gasteiger partial charge in [0.25, 0.3) is 0 Å². The Bertz CT molecular complexity index is 942. The number of urea groups is 1. The number of anilines is 1. The van der Waals surface area contributed by atoms with E-state index >= 15 is 0 Å². The first-order chi connectivity index (χ1) is 12.4. The van der Waals surface area contributed by atoms with E-state index < -0.39 is 6.03 Å². The van der Waals surface area contributed by atoms with E-state index in [0.29, 0.717) is 23.3 Å². The van der Waals surface area contributed by atoms with Gasteiger partial charge in [0.05, 0.1) is 0 Å². The third-order valence-electron chi connectivity index (χ3n) is 3.63. The van der Waals surface area contributed by atoms with Crippen molar-refractivity contribution in [3.63, 3.8) is 0 Å². The molecule has 3 rings (SSSR count). The second-order valence-electron chi connectivity index (χ2n) is 6.04. The molecule has 7 nitrogen and oxygen atoms in total. The molecule has 9 heteroatoms. The van der Waals surface area contributed by atoms with Crippen LogP contribution in [0.15, 0.2) is 36.8 Å². The van der Waals surface area contributed by atoms with E-state index in [9.17, 15) is 9.18 Å². The Labute approximate surface area is 154 Å². The van der Waals surface area contributed by atoms with Gasteiger partial charge in [0.2, 0.25) is 0 Å². The van der Waals surface area contributed by atoms with E-state index in [-0.39, 0.29) is 23.3 Å². The van der Waals surface area contributed by atoms with Crippen molar-refractivity contribution in [2.75, 3.05) is 19.4 Å². The number of nitrogens with one attached hydrogen (secondary N) is 2. The van der Waals surface area contributed by atoms with Crippen molar-refractivity contribution in [1.82, 2.24) is 24.6 Å². The molecule has 2 aromatic heterocycles. The van der Waals surface area contributed by atoms with Gasteiger partial charge in [-0.2, -0.15) is 0 Å². The van der Waals surface area contributed by atoms with Gasteiger partial charge in [0.15, 0.2) is 11.5 Å². The third-order valence-corrected chi connectivity index (χ3v) is 3.82. The molecule has 0 aliphatic carbocycles. The lowest BCUT2D eigenvalue weighted by atomic mass is 10.1. The minimum absolute atomic E-state index is 0.177. The Morgan fingerprint density at radius 1 is 1.38 bits per heavy atom. The molecule has 2 amide bonds. The lowest BCUT2D eigenvalue weighted by Gasteiger charge is -2.12. The molecule has 0 unspecified atom stereocenters. The number of nitrogens with zero attached hydrogens (tertiary/aromatic N) is 4. The zero-order chi connectivity index (χ0) is 18.7. The van der Waals surface area contributed by atoms with Crippen molar-refractivity contribution in [2.45, 2.75) is 13.1 Å². The van der Waals surface area contributed by atoms with E-state index in [1.807, 2.05) is 19.0 Å². The highest BCUT2D eigenvalue weighted by atomic mass is 35.5. The average Bonchev–Trinajstić information content (AvgIpc) is 3.03. The van der Waals surface area contributed by atoms with Gasteiger partial charge in [-0.05, 0) is 25.7 Å². The summed E-state index contributed by atoms with van der Waals surface area (Å²) >= 11 is 5.93. The number of hydrogen-bond acceptors (Lipinski definition) is 4. The van der Waals surface area contributed by atoms with Gasteiger partial charge in [0, 0.05) is 37.2 Å². The molecule has 0 aliphatic heterocycles. The summed E-state index contributed by atoms with van der Waals surface area (Å²) in [5, 5.41) is 5.50. The Balaban J connectivity index is 1.64. The molecule has 0 fully saturated rings. The molecule has 0 aliphatic rings. The molecule has 26 heavy (non-hydrogen) atoms. The molecule has 0 spiro atoms.